The third-order valence-electron chi connectivity index (χ3n) is 3.32. The monoisotopic (exact) mass is 270 g/mol. The van der Waals surface area contributed by atoms with Crippen molar-refractivity contribution in [3.05, 3.63) is 41.8 Å². The molecule has 0 saturated carbocycles. The van der Waals surface area contributed by atoms with Gasteiger partial charge < -0.3 is 9.09 Å². The number of aryl methyl sites for hydroxylation is 1. The molecule has 0 unspecified atom stereocenters. The molecule has 0 amide bonds. The van der Waals surface area contributed by atoms with Gasteiger partial charge >= 0.3 is 0 Å². The predicted octanol–water partition coefficient (Wildman–Crippen LogP) is 3.15. The summed E-state index contributed by atoms with van der Waals surface area (Å²) in [5.74, 6) is 2.76. The molecule has 0 aliphatic carbocycles. The van der Waals surface area contributed by atoms with E-state index >= 15 is 0 Å². The number of benzene rings is 1. The Balaban J connectivity index is 2.06. The maximum absolute atomic E-state index is 5.30. The lowest BCUT2D eigenvalue weighted by atomic mass is 10.2. The average molecular weight is 270 g/mol. The molecule has 0 aliphatic heterocycles. The van der Waals surface area contributed by atoms with Crippen molar-refractivity contribution in [2.45, 2.75) is 39.7 Å². The van der Waals surface area contributed by atoms with Gasteiger partial charge in [0.2, 0.25) is 5.89 Å². The average Bonchev–Trinajstić information content (AvgIpc) is 3.04. The third-order valence-corrected chi connectivity index (χ3v) is 3.32. The van der Waals surface area contributed by atoms with E-state index in [1.54, 1.807) is 0 Å². The third kappa shape index (κ3) is 2.19. The fourth-order valence-electron chi connectivity index (χ4n) is 2.33. The van der Waals surface area contributed by atoms with Crippen LogP contribution in [-0.4, -0.2) is 19.7 Å². The molecule has 5 nitrogen and oxygen atoms in total. The Morgan fingerprint density at radius 3 is 2.70 bits per heavy atom. The normalized spacial score (nSPS) is 11.6. The van der Waals surface area contributed by atoms with Crippen LogP contribution < -0.4 is 0 Å². The van der Waals surface area contributed by atoms with Crippen molar-refractivity contribution in [2.75, 3.05) is 0 Å². The number of para-hydroxylation sites is 2. The van der Waals surface area contributed by atoms with Crippen LogP contribution in [0.25, 0.3) is 11.0 Å². The van der Waals surface area contributed by atoms with Crippen LogP contribution in [0.4, 0.5) is 0 Å². The molecule has 104 valence electrons. The number of fused-ring (bicyclic) bond motifs is 1. The SMILES string of the molecule is CCc1noc(Cn2c(C(C)C)nc3ccccc32)n1. The maximum Gasteiger partial charge on any atom is 0.246 e. The summed E-state index contributed by atoms with van der Waals surface area (Å²) < 4.78 is 7.46. The summed E-state index contributed by atoms with van der Waals surface area (Å²) in [5.41, 5.74) is 2.11. The Kier molecular flexibility index (Phi) is 3.26. The highest BCUT2D eigenvalue weighted by molar-refractivity contribution is 5.76. The molecule has 0 bridgehead atoms. The fraction of sp³-hybridized carbons (Fsp3) is 0.400. The Bertz CT molecular complexity index is 726. The number of imidazole rings is 1. The largest absolute Gasteiger partial charge is 0.337 e. The summed E-state index contributed by atoms with van der Waals surface area (Å²) in [5, 5.41) is 3.95. The summed E-state index contributed by atoms with van der Waals surface area (Å²) in [6.07, 6.45) is 0.783. The van der Waals surface area contributed by atoms with E-state index < -0.39 is 0 Å². The molecule has 0 atom stereocenters. The van der Waals surface area contributed by atoms with Crippen molar-refractivity contribution in [3.63, 3.8) is 0 Å². The highest BCUT2D eigenvalue weighted by Gasteiger charge is 2.16. The van der Waals surface area contributed by atoms with Gasteiger partial charge in [0.1, 0.15) is 12.4 Å². The number of aromatic nitrogens is 4. The van der Waals surface area contributed by atoms with Crippen LogP contribution in [0.15, 0.2) is 28.8 Å². The van der Waals surface area contributed by atoms with Crippen LogP contribution in [0.5, 0.6) is 0 Å². The molecule has 2 heterocycles. The molecule has 0 spiro atoms. The lowest BCUT2D eigenvalue weighted by Crippen LogP contribution is -2.07. The summed E-state index contributed by atoms with van der Waals surface area (Å²) in [6.45, 7) is 6.87. The molecule has 0 aliphatic rings. The van der Waals surface area contributed by atoms with Crippen molar-refractivity contribution in [1.82, 2.24) is 19.7 Å². The van der Waals surface area contributed by atoms with Gasteiger partial charge in [-0.2, -0.15) is 4.98 Å². The van der Waals surface area contributed by atoms with Crippen molar-refractivity contribution in [3.8, 4) is 0 Å². The second-order valence-corrected chi connectivity index (χ2v) is 5.16. The van der Waals surface area contributed by atoms with Crippen LogP contribution in [0.2, 0.25) is 0 Å². The van der Waals surface area contributed by atoms with Crippen molar-refractivity contribution < 1.29 is 4.52 Å². The Labute approximate surface area is 117 Å². The molecule has 0 saturated heterocycles. The van der Waals surface area contributed by atoms with Gasteiger partial charge in [-0.25, -0.2) is 4.98 Å². The number of rotatable bonds is 4. The second kappa shape index (κ2) is 5.07. The van der Waals surface area contributed by atoms with E-state index in [2.05, 4.69) is 34.6 Å². The molecule has 0 fully saturated rings. The topological polar surface area (TPSA) is 56.7 Å². The first kappa shape index (κ1) is 12.8. The van der Waals surface area contributed by atoms with Gasteiger partial charge in [0.05, 0.1) is 11.0 Å². The molecule has 5 heteroatoms. The van der Waals surface area contributed by atoms with Crippen molar-refractivity contribution in [1.29, 1.82) is 0 Å². The number of nitrogens with zero attached hydrogens (tertiary/aromatic N) is 4. The van der Waals surface area contributed by atoms with Crippen LogP contribution in [0.1, 0.15) is 44.2 Å². The highest BCUT2D eigenvalue weighted by atomic mass is 16.5. The zero-order valence-corrected chi connectivity index (χ0v) is 12.0. The highest BCUT2D eigenvalue weighted by Crippen LogP contribution is 2.22. The predicted molar refractivity (Wildman–Crippen MR) is 76.6 cm³/mol. The summed E-state index contributed by atoms with van der Waals surface area (Å²) in [4.78, 5) is 9.09. The second-order valence-electron chi connectivity index (χ2n) is 5.16. The molecular formula is C15H18N4O. The molecule has 0 radical (unpaired) electrons. The van der Waals surface area contributed by atoms with E-state index in [0.29, 0.717) is 18.4 Å². The standard InChI is InChI=1S/C15H18N4O/c1-4-13-17-14(20-18-13)9-19-12-8-6-5-7-11(12)16-15(19)10(2)3/h5-8,10H,4,9H2,1-3H3. The number of hydrogen-bond acceptors (Lipinski definition) is 4. The summed E-state index contributed by atoms with van der Waals surface area (Å²) >= 11 is 0. The van der Waals surface area contributed by atoms with E-state index in [9.17, 15) is 0 Å². The lowest BCUT2D eigenvalue weighted by molar-refractivity contribution is 0.365. The van der Waals surface area contributed by atoms with Gasteiger partial charge in [-0.1, -0.05) is 38.1 Å². The van der Waals surface area contributed by atoms with Crippen LogP contribution in [-0.2, 0) is 13.0 Å². The molecule has 3 aromatic rings. The summed E-state index contributed by atoms with van der Waals surface area (Å²) in [6, 6.07) is 8.13. The van der Waals surface area contributed by atoms with Crippen LogP contribution >= 0.6 is 0 Å². The van der Waals surface area contributed by atoms with E-state index in [1.165, 1.54) is 0 Å². The van der Waals surface area contributed by atoms with Gasteiger partial charge in [-0.15, -0.1) is 0 Å². The minimum atomic E-state index is 0.343. The Hall–Kier alpha value is -2.17. The van der Waals surface area contributed by atoms with Gasteiger partial charge in [0, 0.05) is 12.3 Å². The minimum Gasteiger partial charge on any atom is -0.337 e. The van der Waals surface area contributed by atoms with E-state index in [1.807, 2.05) is 25.1 Å². The van der Waals surface area contributed by atoms with Gasteiger partial charge in [-0.3, -0.25) is 0 Å². The zero-order chi connectivity index (χ0) is 14.1. The first-order valence-corrected chi connectivity index (χ1v) is 6.95. The first-order chi connectivity index (χ1) is 9.69. The van der Waals surface area contributed by atoms with Gasteiger partial charge in [0.25, 0.3) is 0 Å². The lowest BCUT2D eigenvalue weighted by Gasteiger charge is -2.08. The number of hydrogen-bond donors (Lipinski definition) is 0. The van der Waals surface area contributed by atoms with Gasteiger partial charge in [0.15, 0.2) is 5.82 Å². The van der Waals surface area contributed by atoms with E-state index in [0.717, 1.165) is 29.1 Å². The Morgan fingerprint density at radius 2 is 2.00 bits per heavy atom. The molecule has 3 rings (SSSR count). The quantitative estimate of drug-likeness (QED) is 0.730. The van der Waals surface area contributed by atoms with E-state index in [4.69, 9.17) is 9.51 Å². The summed E-state index contributed by atoms with van der Waals surface area (Å²) in [7, 11) is 0. The molecular weight excluding hydrogens is 252 g/mol. The molecule has 1 aromatic carbocycles. The van der Waals surface area contributed by atoms with Crippen molar-refractivity contribution in [2.24, 2.45) is 0 Å². The Morgan fingerprint density at radius 1 is 1.20 bits per heavy atom. The molecule has 2 aromatic heterocycles. The first-order valence-electron chi connectivity index (χ1n) is 6.95. The van der Waals surface area contributed by atoms with E-state index in [-0.39, 0.29) is 0 Å². The molecule has 0 N–H and O–H groups in total. The molecule has 20 heavy (non-hydrogen) atoms. The van der Waals surface area contributed by atoms with Gasteiger partial charge in [-0.05, 0) is 12.1 Å². The smallest absolute Gasteiger partial charge is 0.246 e. The fourth-order valence-corrected chi connectivity index (χ4v) is 2.33. The maximum atomic E-state index is 5.30. The van der Waals surface area contributed by atoms with Crippen LogP contribution in [0.3, 0.4) is 0 Å². The zero-order valence-electron chi connectivity index (χ0n) is 12.0. The van der Waals surface area contributed by atoms with Crippen molar-refractivity contribution >= 4 is 11.0 Å². The minimum absolute atomic E-state index is 0.343. The van der Waals surface area contributed by atoms with Crippen LogP contribution in [0, 0.1) is 0 Å².